The number of carbonyl (C=O) groups is 2. The van der Waals surface area contributed by atoms with Crippen molar-refractivity contribution >= 4 is 23.4 Å². The van der Waals surface area contributed by atoms with E-state index in [1.807, 2.05) is 73.7 Å². The van der Waals surface area contributed by atoms with Gasteiger partial charge >= 0.3 is 12.1 Å². The monoisotopic (exact) mass is 483 g/mol. The van der Waals surface area contributed by atoms with Gasteiger partial charge < -0.3 is 19.7 Å². The fourth-order valence-corrected chi connectivity index (χ4v) is 4.40. The van der Waals surface area contributed by atoms with Gasteiger partial charge in [-0.3, -0.25) is 10.1 Å². The number of rotatable bonds is 6. The molecule has 1 aliphatic rings. The zero-order chi connectivity index (χ0) is 25.2. The SMILES string of the molecule is Cc1noc(-c2ccc3c(c2)NCc2cc(CC(=O)O)ccc2-3)c1NC(=O)OC(C)c1ccccc1. The number of anilines is 2. The Hall–Kier alpha value is -4.59. The van der Waals surface area contributed by atoms with Crippen molar-refractivity contribution in [1.82, 2.24) is 5.16 Å². The molecule has 36 heavy (non-hydrogen) atoms. The Morgan fingerprint density at radius 2 is 1.89 bits per heavy atom. The van der Waals surface area contributed by atoms with Crippen molar-refractivity contribution in [3.05, 3.63) is 89.1 Å². The van der Waals surface area contributed by atoms with E-state index in [0.29, 0.717) is 23.7 Å². The van der Waals surface area contributed by atoms with E-state index in [2.05, 4.69) is 15.8 Å². The van der Waals surface area contributed by atoms with Crippen molar-refractivity contribution in [2.24, 2.45) is 0 Å². The summed E-state index contributed by atoms with van der Waals surface area (Å²) in [4.78, 5) is 23.7. The van der Waals surface area contributed by atoms with Crippen LogP contribution in [0.25, 0.3) is 22.5 Å². The maximum absolute atomic E-state index is 12.6. The van der Waals surface area contributed by atoms with Crippen LogP contribution in [0.1, 0.15) is 35.4 Å². The summed E-state index contributed by atoms with van der Waals surface area (Å²) in [5, 5.41) is 19.3. The Morgan fingerprint density at radius 3 is 2.67 bits per heavy atom. The molecule has 1 aromatic heterocycles. The number of carboxylic acids is 1. The highest BCUT2D eigenvalue weighted by Gasteiger charge is 2.22. The average molecular weight is 484 g/mol. The number of aliphatic carboxylic acids is 1. The third-order valence-corrected chi connectivity index (χ3v) is 6.21. The van der Waals surface area contributed by atoms with Crippen LogP contribution in [0.5, 0.6) is 0 Å². The highest BCUT2D eigenvalue weighted by atomic mass is 16.6. The minimum absolute atomic E-state index is 0.00768. The van der Waals surface area contributed by atoms with Gasteiger partial charge in [-0.25, -0.2) is 4.79 Å². The Kier molecular flexibility index (Phi) is 6.16. The van der Waals surface area contributed by atoms with Gasteiger partial charge in [-0.2, -0.15) is 0 Å². The summed E-state index contributed by atoms with van der Waals surface area (Å²) in [6.45, 7) is 4.14. The Bertz CT molecular complexity index is 1450. The van der Waals surface area contributed by atoms with Crippen LogP contribution in [0.2, 0.25) is 0 Å². The molecule has 0 aliphatic carbocycles. The van der Waals surface area contributed by atoms with Crippen LogP contribution in [0, 0.1) is 6.92 Å². The second kappa shape index (κ2) is 9.58. The molecule has 1 amide bonds. The van der Waals surface area contributed by atoms with Crippen LogP contribution < -0.4 is 10.6 Å². The van der Waals surface area contributed by atoms with Gasteiger partial charge in [0.2, 0.25) is 0 Å². The topological polar surface area (TPSA) is 114 Å². The molecule has 0 spiro atoms. The molecule has 2 heterocycles. The Morgan fingerprint density at radius 1 is 1.11 bits per heavy atom. The van der Waals surface area contributed by atoms with E-state index >= 15 is 0 Å². The standard InChI is InChI=1S/C28H25N3O5/c1-16-26(30-28(34)35-17(2)19-6-4-3-5-7-19)27(36-31-16)20-9-11-23-22-10-8-18(13-25(32)33)12-21(22)15-29-24(23)14-20/h3-12,14,17,29H,13,15H2,1-2H3,(H,30,34)(H,32,33). The Balaban J connectivity index is 1.38. The smallest absolute Gasteiger partial charge is 0.412 e. The van der Waals surface area contributed by atoms with Crippen molar-refractivity contribution in [2.75, 3.05) is 10.6 Å². The molecule has 0 bridgehead atoms. The number of nitrogens with one attached hydrogen (secondary N) is 2. The third kappa shape index (κ3) is 4.65. The van der Waals surface area contributed by atoms with Crippen LogP contribution in [0.3, 0.4) is 0 Å². The average Bonchev–Trinajstić information content (AvgIpc) is 3.23. The number of amides is 1. The molecule has 4 aromatic rings. The second-order valence-corrected chi connectivity index (χ2v) is 8.73. The largest absolute Gasteiger partial charge is 0.481 e. The molecule has 1 unspecified atom stereocenters. The third-order valence-electron chi connectivity index (χ3n) is 6.21. The second-order valence-electron chi connectivity index (χ2n) is 8.73. The lowest BCUT2D eigenvalue weighted by Gasteiger charge is -2.23. The molecule has 5 rings (SSSR count). The van der Waals surface area contributed by atoms with Gasteiger partial charge in [0.15, 0.2) is 5.76 Å². The van der Waals surface area contributed by atoms with E-state index in [1.165, 1.54) is 0 Å². The molecular weight excluding hydrogens is 458 g/mol. The summed E-state index contributed by atoms with van der Waals surface area (Å²) in [6, 6.07) is 21.1. The lowest BCUT2D eigenvalue weighted by molar-refractivity contribution is -0.136. The highest BCUT2D eigenvalue weighted by Crippen LogP contribution is 2.40. The lowest BCUT2D eigenvalue weighted by atomic mass is 9.91. The number of aryl methyl sites for hydroxylation is 1. The number of benzene rings is 3. The van der Waals surface area contributed by atoms with E-state index in [-0.39, 0.29) is 6.42 Å². The zero-order valence-corrected chi connectivity index (χ0v) is 19.9. The molecule has 1 aliphatic heterocycles. The summed E-state index contributed by atoms with van der Waals surface area (Å²) in [6.07, 6.45) is -1.02. The first kappa shape index (κ1) is 23.2. The molecule has 8 heteroatoms. The summed E-state index contributed by atoms with van der Waals surface area (Å²) < 4.78 is 11.1. The number of nitrogens with zero attached hydrogens (tertiary/aromatic N) is 1. The quantitative estimate of drug-likeness (QED) is 0.300. The van der Waals surface area contributed by atoms with E-state index in [9.17, 15) is 9.59 Å². The number of carboxylic acid groups (broad SMARTS) is 1. The van der Waals surface area contributed by atoms with Gasteiger partial charge in [0.1, 0.15) is 17.5 Å². The molecule has 1 atom stereocenters. The maximum atomic E-state index is 12.6. The van der Waals surface area contributed by atoms with Crippen LogP contribution >= 0.6 is 0 Å². The Labute approximate surface area is 207 Å². The van der Waals surface area contributed by atoms with Gasteiger partial charge in [0.05, 0.1) is 6.42 Å². The molecule has 3 aromatic carbocycles. The van der Waals surface area contributed by atoms with Gasteiger partial charge in [0, 0.05) is 23.4 Å². The predicted octanol–water partition coefficient (Wildman–Crippen LogP) is 6.18. The number of fused-ring (bicyclic) bond motifs is 3. The fraction of sp³-hybridized carbons (Fsp3) is 0.179. The van der Waals surface area contributed by atoms with Crippen LogP contribution in [0.15, 0.2) is 71.3 Å². The first-order chi connectivity index (χ1) is 17.4. The van der Waals surface area contributed by atoms with E-state index in [0.717, 1.165) is 39.1 Å². The van der Waals surface area contributed by atoms with Gasteiger partial charge in [-0.1, -0.05) is 65.8 Å². The maximum Gasteiger partial charge on any atom is 0.412 e. The molecule has 0 fully saturated rings. The predicted molar refractivity (Wildman–Crippen MR) is 136 cm³/mol. The first-order valence-electron chi connectivity index (χ1n) is 11.6. The summed E-state index contributed by atoms with van der Waals surface area (Å²) >= 11 is 0. The summed E-state index contributed by atoms with van der Waals surface area (Å²) in [5.41, 5.74) is 7.41. The molecule has 0 saturated heterocycles. The number of hydrogen-bond acceptors (Lipinski definition) is 6. The van der Waals surface area contributed by atoms with Crippen molar-refractivity contribution in [3.8, 4) is 22.5 Å². The summed E-state index contributed by atoms with van der Waals surface area (Å²) in [7, 11) is 0. The van der Waals surface area contributed by atoms with E-state index in [1.54, 1.807) is 6.92 Å². The van der Waals surface area contributed by atoms with Crippen molar-refractivity contribution < 1.29 is 24.0 Å². The van der Waals surface area contributed by atoms with Gasteiger partial charge in [-0.15, -0.1) is 0 Å². The number of carbonyl (C=O) groups excluding carboxylic acids is 1. The van der Waals surface area contributed by atoms with E-state index in [4.69, 9.17) is 14.4 Å². The fourth-order valence-electron chi connectivity index (χ4n) is 4.40. The zero-order valence-electron chi connectivity index (χ0n) is 19.9. The molecule has 3 N–H and O–H groups in total. The minimum Gasteiger partial charge on any atom is -0.481 e. The highest BCUT2D eigenvalue weighted by molar-refractivity contribution is 5.93. The number of hydrogen-bond donors (Lipinski definition) is 3. The van der Waals surface area contributed by atoms with Crippen LogP contribution in [-0.4, -0.2) is 22.3 Å². The first-order valence-corrected chi connectivity index (χ1v) is 11.6. The molecule has 8 nitrogen and oxygen atoms in total. The lowest BCUT2D eigenvalue weighted by Crippen LogP contribution is -2.16. The van der Waals surface area contributed by atoms with E-state index < -0.39 is 18.2 Å². The van der Waals surface area contributed by atoms with Crippen molar-refractivity contribution in [1.29, 1.82) is 0 Å². The molecule has 182 valence electrons. The van der Waals surface area contributed by atoms with Crippen molar-refractivity contribution in [3.63, 3.8) is 0 Å². The molecular formula is C28H25N3O5. The number of ether oxygens (including phenoxy) is 1. The summed E-state index contributed by atoms with van der Waals surface area (Å²) in [5.74, 6) is -0.419. The normalized spacial score (nSPS) is 12.6. The van der Waals surface area contributed by atoms with Crippen LogP contribution in [-0.2, 0) is 22.5 Å². The van der Waals surface area contributed by atoms with Gasteiger partial charge in [-0.05, 0) is 42.2 Å². The number of aromatic nitrogens is 1. The minimum atomic E-state index is -0.853. The van der Waals surface area contributed by atoms with Gasteiger partial charge in [0.25, 0.3) is 0 Å². The molecule has 0 saturated carbocycles. The molecule has 0 radical (unpaired) electrons. The van der Waals surface area contributed by atoms with Crippen molar-refractivity contribution in [2.45, 2.75) is 32.9 Å². The van der Waals surface area contributed by atoms with Crippen LogP contribution in [0.4, 0.5) is 16.2 Å².